The molecule has 2 aliphatic rings. The number of piperazine rings is 1. The summed E-state index contributed by atoms with van der Waals surface area (Å²) in [4.78, 5) is 21.0. The molecule has 0 saturated carbocycles. The van der Waals surface area contributed by atoms with Gasteiger partial charge in [-0.15, -0.1) is 0 Å². The summed E-state index contributed by atoms with van der Waals surface area (Å²) in [6.07, 6.45) is 3.92. The van der Waals surface area contributed by atoms with Gasteiger partial charge >= 0.3 is 0 Å². The third-order valence-corrected chi connectivity index (χ3v) is 5.10. The zero-order chi connectivity index (χ0) is 20.8. The SMILES string of the molecule is Clc1ccc2c(c1)N=C(N1CCNCC1)c1ccccc1N2.O=Cc1cccnc1. The number of halogens is 1. The Balaban J connectivity index is 0.000000230. The first-order valence-corrected chi connectivity index (χ1v) is 10.2. The fourth-order valence-corrected chi connectivity index (χ4v) is 3.54. The van der Waals surface area contributed by atoms with E-state index in [4.69, 9.17) is 16.6 Å². The van der Waals surface area contributed by atoms with Gasteiger partial charge in [-0.1, -0.05) is 23.7 Å². The average molecular weight is 420 g/mol. The molecule has 5 rings (SSSR count). The Morgan fingerprint density at radius 1 is 1.00 bits per heavy atom. The lowest BCUT2D eigenvalue weighted by Crippen LogP contribution is -2.46. The molecule has 1 aromatic heterocycles. The van der Waals surface area contributed by atoms with E-state index >= 15 is 0 Å². The normalized spacial score (nSPS) is 14.7. The second-order valence-corrected chi connectivity index (χ2v) is 7.35. The van der Waals surface area contributed by atoms with E-state index in [9.17, 15) is 4.79 Å². The van der Waals surface area contributed by atoms with E-state index in [2.05, 4.69) is 38.7 Å². The van der Waals surface area contributed by atoms with Gasteiger partial charge in [0.2, 0.25) is 0 Å². The number of anilines is 2. The molecule has 2 aromatic carbocycles. The van der Waals surface area contributed by atoms with Crippen molar-refractivity contribution >= 4 is 40.8 Å². The second-order valence-electron chi connectivity index (χ2n) is 6.91. The molecule has 1 saturated heterocycles. The molecule has 0 spiro atoms. The van der Waals surface area contributed by atoms with Crippen LogP contribution in [0.1, 0.15) is 15.9 Å². The summed E-state index contributed by atoms with van der Waals surface area (Å²) >= 11 is 6.15. The van der Waals surface area contributed by atoms with Gasteiger partial charge in [0.25, 0.3) is 0 Å². The highest BCUT2D eigenvalue weighted by Gasteiger charge is 2.22. The first kappa shape index (κ1) is 20.1. The third kappa shape index (κ3) is 4.67. The smallest absolute Gasteiger partial charge is 0.151 e. The van der Waals surface area contributed by atoms with Crippen LogP contribution in [0.2, 0.25) is 5.02 Å². The molecule has 2 aliphatic heterocycles. The number of rotatable bonds is 1. The van der Waals surface area contributed by atoms with Crippen molar-refractivity contribution in [2.75, 3.05) is 31.5 Å². The molecule has 0 aliphatic carbocycles. The van der Waals surface area contributed by atoms with Crippen LogP contribution in [0.25, 0.3) is 0 Å². The minimum Gasteiger partial charge on any atom is -0.353 e. The summed E-state index contributed by atoms with van der Waals surface area (Å²) < 4.78 is 0. The van der Waals surface area contributed by atoms with E-state index < -0.39 is 0 Å². The van der Waals surface area contributed by atoms with Crippen molar-refractivity contribution in [1.29, 1.82) is 0 Å². The predicted molar refractivity (Wildman–Crippen MR) is 121 cm³/mol. The summed E-state index contributed by atoms with van der Waals surface area (Å²) in [5.41, 5.74) is 4.71. The molecule has 0 amide bonds. The van der Waals surface area contributed by atoms with E-state index in [0.717, 1.165) is 60.9 Å². The molecule has 3 heterocycles. The molecule has 6 nitrogen and oxygen atoms in total. The maximum Gasteiger partial charge on any atom is 0.151 e. The number of aromatic nitrogens is 1. The van der Waals surface area contributed by atoms with Crippen LogP contribution in [0.5, 0.6) is 0 Å². The Kier molecular flexibility index (Phi) is 6.37. The van der Waals surface area contributed by atoms with Crippen LogP contribution in [0.15, 0.2) is 72.0 Å². The first-order valence-electron chi connectivity index (χ1n) is 9.80. The number of hydrogen-bond donors (Lipinski definition) is 2. The van der Waals surface area contributed by atoms with Gasteiger partial charge in [-0.25, -0.2) is 4.99 Å². The molecule has 3 aromatic rings. The van der Waals surface area contributed by atoms with Crippen molar-refractivity contribution in [2.45, 2.75) is 0 Å². The maximum absolute atomic E-state index is 9.97. The minimum atomic E-state index is 0.618. The number of nitrogens with zero attached hydrogens (tertiary/aromatic N) is 3. The summed E-state index contributed by atoms with van der Waals surface area (Å²) in [5, 5.41) is 7.58. The Morgan fingerprint density at radius 3 is 2.57 bits per heavy atom. The van der Waals surface area contributed by atoms with Gasteiger partial charge in [0, 0.05) is 60.4 Å². The van der Waals surface area contributed by atoms with Gasteiger partial charge < -0.3 is 15.5 Å². The number of nitrogens with one attached hydrogen (secondary N) is 2. The number of para-hydroxylation sites is 1. The molecule has 7 heteroatoms. The number of fused-ring (bicyclic) bond motifs is 2. The predicted octanol–water partition coefficient (Wildman–Crippen LogP) is 4.27. The van der Waals surface area contributed by atoms with E-state index in [0.29, 0.717) is 10.6 Å². The maximum atomic E-state index is 9.97. The lowest BCUT2D eigenvalue weighted by Gasteiger charge is -2.30. The van der Waals surface area contributed by atoms with Crippen molar-refractivity contribution in [3.05, 3.63) is 83.1 Å². The fourth-order valence-electron chi connectivity index (χ4n) is 3.37. The van der Waals surface area contributed by atoms with Crippen LogP contribution in [0.4, 0.5) is 17.1 Å². The van der Waals surface area contributed by atoms with E-state index in [1.807, 2.05) is 24.3 Å². The zero-order valence-electron chi connectivity index (χ0n) is 16.4. The number of amidine groups is 1. The Hall–Kier alpha value is -3.22. The Labute approximate surface area is 180 Å². The van der Waals surface area contributed by atoms with Gasteiger partial charge in [-0.05, 0) is 42.5 Å². The topological polar surface area (TPSA) is 69.6 Å². The van der Waals surface area contributed by atoms with Gasteiger partial charge in [-0.3, -0.25) is 9.78 Å². The summed E-state index contributed by atoms with van der Waals surface area (Å²) in [7, 11) is 0. The molecule has 0 unspecified atom stereocenters. The van der Waals surface area contributed by atoms with Crippen LogP contribution in [0.3, 0.4) is 0 Å². The average Bonchev–Trinajstić information content (AvgIpc) is 2.97. The number of carbonyl (C=O) groups is 1. The number of hydrogen-bond acceptors (Lipinski definition) is 6. The molecule has 2 N–H and O–H groups in total. The Morgan fingerprint density at radius 2 is 1.83 bits per heavy atom. The van der Waals surface area contributed by atoms with Crippen LogP contribution >= 0.6 is 11.6 Å². The number of carbonyl (C=O) groups excluding carboxylic acids is 1. The van der Waals surface area contributed by atoms with Crippen LogP contribution in [-0.2, 0) is 0 Å². The van der Waals surface area contributed by atoms with Gasteiger partial charge in [-0.2, -0.15) is 0 Å². The van der Waals surface area contributed by atoms with E-state index in [1.165, 1.54) is 6.20 Å². The van der Waals surface area contributed by atoms with Crippen LogP contribution < -0.4 is 10.6 Å². The Bertz CT molecular complexity index is 1050. The first-order chi connectivity index (χ1) is 14.7. The van der Waals surface area contributed by atoms with Crippen molar-refractivity contribution < 1.29 is 4.79 Å². The van der Waals surface area contributed by atoms with Crippen molar-refractivity contribution in [2.24, 2.45) is 4.99 Å². The van der Waals surface area contributed by atoms with Gasteiger partial charge in [0.15, 0.2) is 6.29 Å². The minimum absolute atomic E-state index is 0.618. The highest BCUT2D eigenvalue weighted by molar-refractivity contribution is 6.31. The van der Waals surface area contributed by atoms with Gasteiger partial charge in [0.05, 0.1) is 11.4 Å². The standard InChI is InChI=1S/C17H17ClN4.C6H5NO/c18-12-5-6-15-16(11-12)21-17(22-9-7-19-8-10-22)13-3-1-2-4-14(13)20-15;8-5-6-2-1-3-7-4-6/h1-6,11,19-20H,7-10H2;1-5H. The van der Waals surface area contributed by atoms with Crippen molar-refractivity contribution in [3.8, 4) is 0 Å². The fraction of sp³-hybridized carbons (Fsp3) is 0.174. The highest BCUT2D eigenvalue weighted by Crippen LogP contribution is 2.36. The van der Waals surface area contributed by atoms with E-state index in [-0.39, 0.29) is 0 Å². The van der Waals surface area contributed by atoms with E-state index in [1.54, 1.807) is 18.3 Å². The molecule has 0 atom stereocenters. The highest BCUT2D eigenvalue weighted by atomic mass is 35.5. The third-order valence-electron chi connectivity index (χ3n) is 4.86. The van der Waals surface area contributed by atoms with Gasteiger partial charge in [0.1, 0.15) is 5.84 Å². The molecule has 152 valence electrons. The molecular weight excluding hydrogens is 398 g/mol. The van der Waals surface area contributed by atoms with Crippen molar-refractivity contribution in [3.63, 3.8) is 0 Å². The van der Waals surface area contributed by atoms with Crippen LogP contribution in [-0.4, -0.2) is 48.2 Å². The molecule has 0 bridgehead atoms. The number of aldehydes is 1. The second kappa shape index (κ2) is 9.52. The summed E-state index contributed by atoms with van der Waals surface area (Å²) in [5.74, 6) is 1.02. The summed E-state index contributed by atoms with van der Waals surface area (Å²) in [6.45, 7) is 3.89. The largest absolute Gasteiger partial charge is 0.353 e. The monoisotopic (exact) mass is 419 g/mol. The number of benzene rings is 2. The number of pyridine rings is 1. The van der Waals surface area contributed by atoms with Crippen molar-refractivity contribution in [1.82, 2.24) is 15.2 Å². The molecular formula is C23H22ClN5O. The lowest BCUT2D eigenvalue weighted by molar-refractivity contribution is 0.112. The van der Waals surface area contributed by atoms with Crippen LogP contribution in [0, 0.1) is 0 Å². The molecule has 30 heavy (non-hydrogen) atoms. The number of aliphatic imine (C=N–C) groups is 1. The summed E-state index contributed by atoms with van der Waals surface area (Å²) in [6, 6.07) is 17.5. The molecule has 1 fully saturated rings. The lowest BCUT2D eigenvalue weighted by atomic mass is 10.1. The zero-order valence-corrected chi connectivity index (χ0v) is 17.1. The quantitative estimate of drug-likeness (QED) is 0.576. The molecule has 0 radical (unpaired) electrons.